The van der Waals surface area contributed by atoms with E-state index in [9.17, 15) is 0 Å². The molecule has 0 bridgehead atoms. The lowest BCUT2D eigenvalue weighted by Crippen LogP contribution is -2.34. The summed E-state index contributed by atoms with van der Waals surface area (Å²) in [5.74, 6) is 1.65. The molecule has 3 rings (SSSR count). The van der Waals surface area contributed by atoms with Gasteiger partial charge in [-0.25, -0.2) is 0 Å². The van der Waals surface area contributed by atoms with Crippen LogP contribution in [0.4, 0.5) is 0 Å². The maximum absolute atomic E-state index is 6.10. The van der Waals surface area contributed by atoms with Crippen molar-refractivity contribution >= 4 is 0 Å². The van der Waals surface area contributed by atoms with Crippen molar-refractivity contribution in [1.82, 2.24) is 0 Å². The number of fused-ring (bicyclic) bond motifs is 1. The molecular weight excluding hydrogens is 222 g/mol. The van der Waals surface area contributed by atoms with E-state index in [1.807, 2.05) is 0 Å². The number of nitrogens with two attached hydrogens (primary N) is 1. The topological polar surface area (TPSA) is 35.2 Å². The first-order chi connectivity index (χ1) is 8.83. The summed E-state index contributed by atoms with van der Waals surface area (Å²) < 4.78 is 5.80. The van der Waals surface area contributed by atoms with Crippen molar-refractivity contribution in [1.29, 1.82) is 0 Å². The molecule has 1 fully saturated rings. The molecule has 1 heterocycles. The third kappa shape index (κ3) is 2.14. The Morgan fingerprint density at radius 3 is 2.72 bits per heavy atom. The van der Waals surface area contributed by atoms with E-state index in [4.69, 9.17) is 10.5 Å². The summed E-state index contributed by atoms with van der Waals surface area (Å²) in [5.41, 5.74) is 7.87. The van der Waals surface area contributed by atoms with Crippen molar-refractivity contribution in [3.8, 4) is 5.75 Å². The molecule has 1 saturated carbocycles. The van der Waals surface area contributed by atoms with Crippen LogP contribution in [-0.4, -0.2) is 13.2 Å². The van der Waals surface area contributed by atoms with Gasteiger partial charge in [0.1, 0.15) is 5.75 Å². The minimum Gasteiger partial charge on any atom is -0.493 e. The molecule has 1 aliphatic heterocycles. The lowest BCUT2D eigenvalue weighted by Gasteiger charge is -2.38. The molecule has 1 aliphatic carbocycles. The molecular formula is C16H23NO. The number of rotatable bonds is 3. The van der Waals surface area contributed by atoms with Crippen LogP contribution in [0.3, 0.4) is 0 Å². The van der Waals surface area contributed by atoms with Gasteiger partial charge in [-0.3, -0.25) is 0 Å². The van der Waals surface area contributed by atoms with E-state index < -0.39 is 0 Å². The molecule has 0 amide bonds. The second-order valence-corrected chi connectivity index (χ2v) is 6.01. The van der Waals surface area contributed by atoms with E-state index in [2.05, 4.69) is 24.3 Å². The van der Waals surface area contributed by atoms with Gasteiger partial charge in [-0.05, 0) is 37.3 Å². The van der Waals surface area contributed by atoms with E-state index in [-0.39, 0.29) is 0 Å². The predicted molar refractivity (Wildman–Crippen MR) is 73.9 cm³/mol. The van der Waals surface area contributed by atoms with Gasteiger partial charge in [0.15, 0.2) is 0 Å². The van der Waals surface area contributed by atoms with Crippen LogP contribution in [0.1, 0.15) is 50.0 Å². The summed E-state index contributed by atoms with van der Waals surface area (Å²) >= 11 is 0. The normalized spacial score (nSPS) is 25.5. The molecule has 0 aromatic heterocycles. The summed E-state index contributed by atoms with van der Waals surface area (Å²) in [5, 5.41) is 0. The summed E-state index contributed by atoms with van der Waals surface area (Å²) in [6.45, 7) is 1.69. The smallest absolute Gasteiger partial charge is 0.122 e. The van der Waals surface area contributed by atoms with E-state index >= 15 is 0 Å². The predicted octanol–water partition coefficient (Wildman–Crippen LogP) is 3.46. The molecule has 0 spiro atoms. The van der Waals surface area contributed by atoms with Crippen molar-refractivity contribution in [2.75, 3.05) is 13.2 Å². The average molecular weight is 245 g/mol. The molecule has 2 N–H and O–H groups in total. The Hall–Kier alpha value is -1.02. The van der Waals surface area contributed by atoms with Gasteiger partial charge in [0.05, 0.1) is 6.61 Å². The van der Waals surface area contributed by atoms with Crippen LogP contribution in [0.5, 0.6) is 5.75 Å². The molecule has 0 radical (unpaired) electrons. The van der Waals surface area contributed by atoms with Crippen LogP contribution < -0.4 is 10.5 Å². The van der Waals surface area contributed by atoms with E-state index in [1.165, 1.54) is 44.1 Å². The zero-order chi connectivity index (χ0) is 12.4. The van der Waals surface area contributed by atoms with Crippen LogP contribution in [0.25, 0.3) is 0 Å². The second-order valence-electron chi connectivity index (χ2n) is 6.01. The van der Waals surface area contributed by atoms with E-state index in [1.54, 1.807) is 0 Å². The van der Waals surface area contributed by atoms with Gasteiger partial charge < -0.3 is 10.5 Å². The Labute approximate surface area is 110 Å². The van der Waals surface area contributed by atoms with Gasteiger partial charge >= 0.3 is 0 Å². The summed E-state index contributed by atoms with van der Waals surface area (Å²) in [7, 11) is 0. The highest BCUT2D eigenvalue weighted by Crippen LogP contribution is 2.46. The Balaban J connectivity index is 1.77. The Bertz CT molecular complexity index is 409. The number of benzene rings is 1. The van der Waals surface area contributed by atoms with Gasteiger partial charge in [-0.1, -0.05) is 37.5 Å². The Kier molecular flexibility index (Phi) is 3.29. The molecule has 1 aromatic carbocycles. The molecule has 98 valence electrons. The van der Waals surface area contributed by atoms with Crippen molar-refractivity contribution < 1.29 is 4.74 Å². The maximum Gasteiger partial charge on any atom is 0.122 e. The molecule has 2 heteroatoms. The average Bonchev–Trinajstić information content (AvgIpc) is 2.83. The fourth-order valence-corrected chi connectivity index (χ4v) is 3.71. The summed E-state index contributed by atoms with van der Waals surface area (Å²) in [4.78, 5) is 0. The number of hydrogen-bond donors (Lipinski definition) is 1. The quantitative estimate of drug-likeness (QED) is 0.885. The van der Waals surface area contributed by atoms with Crippen molar-refractivity contribution in [2.45, 2.75) is 44.4 Å². The summed E-state index contributed by atoms with van der Waals surface area (Å²) in [6.07, 6.45) is 7.92. The summed E-state index contributed by atoms with van der Waals surface area (Å²) in [6, 6.07) is 8.49. The lowest BCUT2D eigenvalue weighted by molar-refractivity contribution is 0.159. The largest absolute Gasteiger partial charge is 0.493 e. The van der Waals surface area contributed by atoms with Crippen LogP contribution >= 0.6 is 0 Å². The van der Waals surface area contributed by atoms with Gasteiger partial charge in [-0.15, -0.1) is 0 Å². The van der Waals surface area contributed by atoms with Crippen LogP contribution in [0.2, 0.25) is 0 Å². The third-order valence-corrected chi connectivity index (χ3v) is 4.83. The highest BCUT2D eigenvalue weighted by Gasteiger charge is 2.36. The molecule has 2 nitrogen and oxygen atoms in total. The van der Waals surface area contributed by atoms with Crippen molar-refractivity contribution in [3.05, 3.63) is 29.8 Å². The number of para-hydroxylation sites is 1. The fourth-order valence-electron chi connectivity index (χ4n) is 3.71. The highest BCUT2D eigenvalue weighted by molar-refractivity contribution is 5.39. The molecule has 1 aromatic rings. The molecule has 1 atom stereocenters. The minimum atomic E-state index is 0.379. The number of hydrogen-bond acceptors (Lipinski definition) is 2. The van der Waals surface area contributed by atoms with Gasteiger partial charge in [0.25, 0.3) is 0 Å². The third-order valence-electron chi connectivity index (χ3n) is 4.83. The zero-order valence-corrected chi connectivity index (χ0v) is 11.0. The maximum atomic E-state index is 6.10. The van der Waals surface area contributed by atoms with Gasteiger partial charge in [0, 0.05) is 11.5 Å². The Morgan fingerprint density at radius 1 is 1.17 bits per heavy atom. The SMILES string of the molecule is NCC1(CC2COc3ccccc32)CCCCC1. The van der Waals surface area contributed by atoms with E-state index in [0.29, 0.717) is 11.3 Å². The van der Waals surface area contributed by atoms with Crippen LogP contribution in [-0.2, 0) is 0 Å². The fraction of sp³-hybridized carbons (Fsp3) is 0.625. The van der Waals surface area contributed by atoms with Gasteiger partial charge in [0.2, 0.25) is 0 Å². The van der Waals surface area contributed by atoms with Crippen molar-refractivity contribution in [2.24, 2.45) is 11.1 Å². The number of ether oxygens (including phenoxy) is 1. The molecule has 1 unspecified atom stereocenters. The van der Waals surface area contributed by atoms with E-state index in [0.717, 1.165) is 18.9 Å². The zero-order valence-electron chi connectivity index (χ0n) is 11.0. The first-order valence-corrected chi connectivity index (χ1v) is 7.25. The van der Waals surface area contributed by atoms with Gasteiger partial charge in [-0.2, -0.15) is 0 Å². The first-order valence-electron chi connectivity index (χ1n) is 7.25. The first kappa shape index (κ1) is 12.0. The van der Waals surface area contributed by atoms with Crippen LogP contribution in [0, 0.1) is 5.41 Å². The minimum absolute atomic E-state index is 0.379. The van der Waals surface area contributed by atoms with Crippen LogP contribution in [0.15, 0.2) is 24.3 Å². The monoisotopic (exact) mass is 245 g/mol. The molecule has 0 saturated heterocycles. The van der Waals surface area contributed by atoms with Crippen molar-refractivity contribution in [3.63, 3.8) is 0 Å². The standard InChI is InChI=1S/C16H23NO/c17-12-16(8-4-1-5-9-16)10-13-11-18-15-7-3-2-6-14(13)15/h2-3,6-7,13H,1,4-5,8-12,17H2. The lowest BCUT2D eigenvalue weighted by atomic mass is 9.68. The molecule has 2 aliphatic rings. The highest BCUT2D eigenvalue weighted by atomic mass is 16.5. The second kappa shape index (κ2) is 4.93. The Morgan fingerprint density at radius 2 is 1.94 bits per heavy atom. The molecule has 18 heavy (non-hydrogen) atoms.